The standard InChI is InChI=1S/C58H87N5O2/c1-13-17-27-43-55(5,6)62(49-31-23-21-24-32-49,56(7,8)44-28-18-14-2)51-39-35-47(36-40-51)59-53(64)61-54(65)60-48-37-41-52(42-38-48)63(50-33-25-22-26-34-50,57(9,10)45-29-19-15-3)58(11,12)46-30-20-16-4/h21-26,31-42H,13-20,27-30,43-46H2,1-12H3,(H-2,59,60,61,64,65)/p+2. The van der Waals surface area contributed by atoms with Crippen molar-refractivity contribution < 1.29 is 9.59 Å². The van der Waals surface area contributed by atoms with Crippen molar-refractivity contribution in [3.8, 4) is 0 Å². The van der Waals surface area contributed by atoms with E-state index < -0.39 is 12.1 Å². The van der Waals surface area contributed by atoms with Gasteiger partial charge in [-0.25, -0.2) is 9.59 Å². The maximum atomic E-state index is 13.4. The summed E-state index contributed by atoms with van der Waals surface area (Å²) < 4.78 is 1.39. The van der Waals surface area contributed by atoms with Crippen LogP contribution in [0.2, 0.25) is 0 Å². The highest BCUT2D eigenvalue weighted by Crippen LogP contribution is 2.54. The van der Waals surface area contributed by atoms with E-state index in [9.17, 15) is 9.59 Å². The highest BCUT2D eigenvalue weighted by molar-refractivity contribution is 6.05. The number of hydrogen-bond acceptors (Lipinski definition) is 2. The third-order valence-electron chi connectivity index (χ3n) is 14.7. The SMILES string of the molecule is CCCCCC(C)(C)[N+](c1ccccc1)(c1ccc(NC(=O)NC(=O)Nc2ccc([N+](c3ccccc3)(C(C)(C)CCCCC)C(C)(C)CCCCC)cc2)cc1)C(C)(C)CCCCC. The Morgan fingerprint density at radius 2 is 0.615 bits per heavy atom. The lowest BCUT2D eigenvalue weighted by atomic mass is 9.79. The number of nitrogens with zero attached hydrogens (tertiary/aromatic N) is 2. The Balaban J connectivity index is 1.61. The van der Waals surface area contributed by atoms with Gasteiger partial charge in [-0.1, -0.05) is 115 Å². The summed E-state index contributed by atoms with van der Waals surface area (Å²) >= 11 is 0. The molecule has 0 spiro atoms. The van der Waals surface area contributed by atoms with Crippen molar-refractivity contribution in [2.75, 3.05) is 10.6 Å². The Labute approximate surface area is 396 Å². The van der Waals surface area contributed by atoms with Gasteiger partial charge in [0.2, 0.25) is 0 Å². The lowest BCUT2D eigenvalue weighted by Gasteiger charge is -2.58. The van der Waals surface area contributed by atoms with E-state index in [0.29, 0.717) is 20.3 Å². The number of hydrogen-bond donors (Lipinski definition) is 3. The molecule has 0 saturated carbocycles. The molecule has 0 bridgehead atoms. The Hall–Kier alpha value is -4.46. The summed E-state index contributed by atoms with van der Waals surface area (Å²) in [6.07, 6.45) is 18.5. The van der Waals surface area contributed by atoms with E-state index in [2.05, 4.69) is 184 Å². The molecule has 0 heterocycles. The minimum atomic E-state index is -0.585. The van der Waals surface area contributed by atoms with Gasteiger partial charge < -0.3 is 10.6 Å². The van der Waals surface area contributed by atoms with Crippen LogP contribution in [0.4, 0.5) is 43.7 Å². The van der Waals surface area contributed by atoms with Crippen molar-refractivity contribution >= 4 is 46.2 Å². The average Bonchev–Trinajstić information content (AvgIpc) is 3.26. The molecule has 0 radical (unpaired) electrons. The van der Waals surface area contributed by atoms with Crippen LogP contribution < -0.4 is 24.9 Å². The maximum absolute atomic E-state index is 13.4. The summed E-state index contributed by atoms with van der Waals surface area (Å²) in [4.78, 5) is 26.8. The van der Waals surface area contributed by atoms with Gasteiger partial charge in [0.15, 0.2) is 0 Å². The molecule has 0 unspecified atom stereocenters. The van der Waals surface area contributed by atoms with Crippen molar-refractivity contribution in [2.24, 2.45) is 0 Å². The van der Waals surface area contributed by atoms with Gasteiger partial charge in [-0.3, -0.25) is 14.3 Å². The number of unbranched alkanes of at least 4 members (excludes halogenated alkanes) is 8. The molecule has 0 atom stereocenters. The second-order valence-corrected chi connectivity index (χ2v) is 21.2. The second-order valence-electron chi connectivity index (χ2n) is 21.2. The molecule has 0 fully saturated rings. The van der Waals surface area contributed by atoms with Crippen LogP contribution >= 0.6 is 0 Å². The lowest BCUT2D eigenvalue weighted by Crippen LogP contribution is -2.69. The number of carbonyl (C=O) groups excluding carboxylic acids is 2. The number of amides is 4. The van der Waals surface area contributed by atoms with Crippen molar-refractivity contribution in [1.29, 1.82) is 0 Å². The van der Waals surface area contributed by atoms with E-state index in [1.807, 2.05) is 24.3 Å². The van der Waals surface area contributed by atoms with Crippen LogP contribution in [0.3, 0.4) is 0 Å². The molecular weight excluding hydrogens is 799 g/mol. The summed E-state index contributed by atoms with van der Waals surface area (Å²) in [6.45, 7) is 28.6. The first-order chi connectivity index (χ1) is 30.9. The number of rotatable bonds is 26. The van der Waals surface area contributed by atoms with Crippen molar-refractivity contribution in [3.05, 3.63) is 109 Å². The van der Waals surface area contributed by atoms with Crippen molar-refractivity contribution in [3.63, 3.8) is 0 Å². The predicted molar refractivity (Wildman–Crippen MR) is 283 cm³/mol. The molecule has 65 heavy (non-hydrogen) atoms. The topological polar surface area (TPSA) is 70.2 Å². The number of imide groups is 1. The van der Waals surface area contributed by atoms with Crippen molar-refractivity contribution in [2.45, 2.75) is 208 Å². The second kappa shape index (κ2) is 23.8. The Morgan fingerprint density at radius 1 is 0.369 bits per heavy atom. The summed E-state index contributed by atoms with van der Waals surface area (Å²) in [6, 6.07) is 37.5. The quantitative estimate of drug-likeness (QED) is 0.0434. The van der Waals surface area contributed by atoms with Crippen LogP contribution in [0, 0.1) is 0 Å². The van der Waals surface area contributed by atoms with Gasteiger partial charge in [-0.05, 0) is 130 Å². The van der Waals surface area contributed by atoms with E-state index in [0.717, 1.165) is 51.4 Å². The maximum Gasteiger partial charge on any atom is 0.327 e. The van der Waals surface area contributed by atoms with E-state index in [1.54, 1.807) is 0 Å². The highest BCUT2D eigenvalue weighted by Gasteiger charge is 2.58. The minimum Gasteiger partial charge on any atom is -0.308 e. The Bertz CT molecular complexity index is 1830. The van der Waals surface area contributed by atoms with Gasteiger partial charge in [0.25, 0.3) is 0 Å². The monoisotopic (exact) mass is 888 g/mol. The van der Waals surface area contributed by atoms with E-state index in [4.69, 9.17) is 0 Å². The fourth-order valence-electron chi connectivity index (χ4n) is 11.9. The van der Waals surface area contributed by atoms with Gasteiger partial charge >= 0.3 is 12.1 Å². The largest absolute Gasteiger partial charge is 0.327 e. The number of benzene rings is 4. The first kappa shape index (κ1) is 53.2. The smallest absolute Gasteiger partial charge is 0.308 e. The first-order valence-corrected chi connectivity index (χ1v) is 25.4. The van der Waals surface area contributed by atoms with E-state index >= 15 is 0 Å². The summed E-state index contributed by atoms with van der Waals surface area (Å²) in [7, 11) is 0. The van der Waals surface area contributed by atoms with Gasteiger partial charge in [0.1, 0.15) is 44.9 Å². The minimum absolute atomic E-state index is 0.132. The van der Waals surface area contributed by atoms with Crippen LogP contribution in [-0.2, 0) is 0 Å². The summed E-state index contributed by atoms with van der Waals surface area (Å²) in [5.74, 6) is 0. The summed E-state index contributed by atoms with van der Waals surface area (Å²) in [5.41, 5.74) is 5.65. The van der Waals surface area contributed by atoms with Crippen molar-refractivity contribution in [1.82, 2.24) is 14.3 Å². The number of carbonyl (C=O) groups is 2. The number of urea groups is 2. The zero-order valence-electron chi connectivity index (χ0n) is 42.9. The van der Waals surface area contributed by atoms with Gasteiger partial charge in [-0.2, -0.15) is 0 Å². The molecule has 0 aromatic heterocycles. The molecule has 0 aliphatic carbocycles. The molecule has 356 valence electrons. The zero-order valence-corrected chi connectivity index (χ0v) is 42.9. The molecule has 4 amide bonds. The number of quaternary nitrogens is 2. The molecule has 4 rings (SSSR count). The third kappa shape index (κ3) is 12.1. The van der Waals surface area contributed by atoms with Crippen LogP contribution in [0.15, 0.2) is 109 Å². The average molecular weight is 888 g/mol. The summed E-state index contributed by atoms with van der Waals surface area (Å²) in [5, 5.41) is 8.40. The van der Waals surface area contributed by atoms with Gasteiger partial charge in [0.05, 0.1) is 0 Å². The molecule has 0 aliphatic heterocycles. The molecule has 4 aromatic rings. The van der Waals surface area contributed by atoms with Crippen LogP contribution in [-0.4, -0.2) is 34.2 Å². The number of anilines is 2. The Morgan fingerprint density at radius 3 is 0.862 bits per heavy atom. The van der Waals surface area contributed by atoms with Crippen LogP contribution in [0.5, 0.6) is 0 Å². The number of para-hydroxylation sites is 2. The van der Waals surface area contributed by atoms with Gasteiger partial charge in [-0.15, -0.1) is 0 Å². The van der Waals surface area contributed by atoms with E-state index in [-0.39, 0.29) is 22.2 Å². The fraction of sp³-hybridized carbons (Fsp3) is 0.552. The van der Waals surface area contributed by atoms with Crippen LogP contribution in [0.1, 0.15) is 186 Å². The molecule has 7 nitrogen and oxygen atoms in total. The predicted octanol–water partition coefficient (Wildman–Crippen LogP) is 17.8. The Kier molecular flexibility index (Phi) is 19.5. The van der Waals surface area contributed by atoms with E-state index in [1.165, 1.54) is 74.1 Å². The lowest BCUT2D eigenvalue weighted by molar-refractivity contribution is 0.0658. The molecule has 0 aliphatic rings. The highest BCUT2D eigenvalue weighted by atomic mass is 16.2. The zero-order chi connectivity index (χ0) is 47.8. The molecule has 3 N–H and O–H groups in total. The fourth-order valence-corrected chi connectivity index (χ4v) is 11.9. The molecule has 0 saturated heterocycles. The van der Waals surface area contributed by atoms with Gasteiger partial charge in [0, 0.05) is 61.3 Å². The number of nitrogens with one attached hydrogen (secondary N) is 3. The first-order valence-electron chi connectivity index (χ1n) is 25.4. The normalized spacial score (nSPS) is 12.8. The third-order valence-corrected chi connectivity index (χ3v) is 14.7. The molecule has 7 heteroatoms. The molecule has 4 aromatic carbocycles. The molecular formula is C58H89N5O2+2. The van der Waals surface area contributed by atoms with Crippen LogP contribution in [0.25, 0.3) is 0 Å².